The maximum Gasteiger partial charge on any atom is 0.416 e. The zero-order valence-electron chi connectivity index (χ0n) is 11.9. The number of hydrogen-bond acceptors (Lipinski definition) is 2. The van der Waals surface area contributed by atoms with E-state index in [1.54, 1.807) is 13.0 Å². The monoisotopic (exact) mass is 287 g/mol. The van der Waals surface area contributed by atoms with Crippen LogP contribution in [0, 0.1) is 0 Å². The lowest BCUT2D eigenvalue weighted by Gasteiger charge is -2.32. The van der Waals surface area contributed by atoms with Crippen LogP contribution in [-0.2, 0) is 12.6 Å². The Hall–Kier alpha value is -1.23. The lowest BCUT2D eigenvalue weighted by Crippen LogP contribution is -2.39. The van der Waals surface area contributed by atoms with E-state index in [-0.39, 0.29) is 12.1 Å². The van der Waals surface area contributed by atoms with Crippen LogP contribution in [0.25, 0.3) is 0 Å². The predicted molar refractivity (Wildman–Crippen MR) is 72.8 cm³/mol. The topological polar surface area (TPSA) is 23.5 Å². The fourth-order valence-corrected chi connectivity index (χ4v) is 3.12. The molecule has 1 heterocycles. The van der Waals surface area contributed by atoms with E-state index in [1.807, 2.05) is 18.7 Å². The van der Waals surface area contributed by atoms with Crippen LogP contribution in [0.1, 0.15) is 38.3 Å². The predicted octanol–water partition coefficient (Wildman–Crippen LogP) is 3.62. The van der Waals surface area contributed by atoms with Crippen LogP contribution >= 0.6 is 0 Å². The molecule has 20 heavy (non-hydrogen) atoms. The lowest BCUT2D eigenvalue weighted by atomic mass is 10.0. The Morgan fingerprint density at radius 3 is 2.45 bits per heavy atom. The van der Waals surface area contributed by atoms with Crippen molar-refractivity contribution in [3.8, 4) is 0 Å². The summed E-state index contributed by atoms with van der Waals surface area (Å²) in [5.74, 6) is 0. The molecule has 0 radical (unpaired) electrons. The van der Waals surface area contributed by atoms with Gasteiger partial charge >= 0.3 is 6.18 Å². The highest BCUT2D eigenvalue weighted by atomic mass is 19.4. The average Bonchev–Trinajstić information content (AvgIpc) is 2.63. The first kappa shape index (κ1) is 15.2. The number of anilines is 1. The van der Waals surface area contributed by atoms with Gasteiger partial charge < -0.3 is 10.0 Å². The van der Waals surface area contributed by atoms with Crippen LogP contribution in [-0.4, -0.2) is 23.3 Å². The van der Waals surface area contributed by atoms with Crippen LogP contribution in [0.5, 0.6) is 0 Å². The molecule has 1 aromatic carbocycles. The molecule has 2 atom stereocenters. The van der Waals surface area contributed by atoms with Crippen molar-refractivity contribution >= 4 is 5.69 Å². The van der Waals surface area contributed by atoms with Crippen LogP contribution in [0.3, 0.4) is 0 Å². The minimum absolute atomic E-state index is 0.0755. The maximum absolute atomic E-state index is 13.1. The summed E-state index contributed by atoms with van der Waals surface area (Å²) in [5.41, 5.74) is 0.466. The van der Waals surface area contributed by atoms with E-state index < -0.39 is 17.8 Å². The summed E-state index contributed by atoms with van der Waals surface area (Å²) in [6.07, 6.45) is -4.03. The molecule has 0 aromatic heterocycles. The number of rotatable bonds is 3. The van der Waals surface area contributed by atoms with E-state index in [1.165, 1.54) is 6.07 Å². The van der Waals surface area contributed by atoms with Crippen molar-refractivity contribution in [1.82, 2.24) is 0 Å². The van der Waals surface area contributed by atoms with Gasteiger partial charge in [0.1, 0.15) is 0 Å². The van der Waals surface area contributed by atoms with Crippen LogP contribution in [0.2, 0.25) is 0 Å². The molecule has 0 aliphatic carbocycles. The van der Waals surface area contributed by atoms with Gasteiger partial charge in [-0.1, -0.05) is 6.07 Å². The molecule has 0 saturated carbocycles. The molecule has 0 saturated heterocycles. The summed E-state index contributed by atoms with van der Waals surface area (Å²) in [6.45, 7) is 5.60. The van der Waals surface area contributed by atoms with Gasteiger partial charge in [0.15, 0.2) is 0 Å². The van der Waals surface area contributed by atoms with Crippen LogP contribution < -0.4 is 4.90 Å². The molecule has 1 aliphatic rings. The summed E-state index contributed by atoms with van der Waals surface area (Å²) in [6, 6.07) is 4.37. The number of halogens is 3. The van der Waals surface area contributed by atoms with E-state index >= 15 is 0 Å². The molecule has 1 N–H and O–H groups in total. The summed E-state index contributed by atoms with van der Waals surface area (Å²) in [5, 5.41) is 9.57. The molecule has 0 bridgehead atoms. The number of alkyl halides is 3. The second-order valence-electron chi connectivity index (χ2n) is 5.74. The Morgan fingerprint density at radius 2 is 1.95 bits per heavy atom. The quantitative estimate of drug-likeness (QED) is 0.918. The molecule has 2 rings (SSSR count). The second-order valence-corrected chi connectivity index (χ2v) is 5.74. The Morgan fingerprint density at radius 1 is 1.30 bits per heavy atom. The first-order valence-corrected chi connectivity index (χ1v) is 6.87. The van der Waals surface area contributed by atoms with Gasteiger partial charge in [0.25, 0.3) is 0 Å². The van der Waals surface area contributed by atoms with E-state index in [0.29, 0.717) is 24.1 Å². The number of hydrogen-bond donors (Lipinski definition) is 1. The third kappa shape index (κ3) is 2.77. The Balaban J connectivity index is 2.45. The minimum Gasteiger partial charge on any atom is -0.393 e. The van der Waals surface area contributed by atoms with Crippen molar-refractivity contribution in [2.75, 3.05) is 4.90 Å². The van der Waals surface area contributed by atoms with Gasteiger partial charge in [0.2, 0.25) is 0 Å². The molecule has 1 aromatic rings. The normalized spacial score (nSPS) is 20.4. The van der Waals surface area contributed by atoms with Crippen LogP contribution in [0.15, 0.2) is 18.2 Å². The molecule has 0 fully saturated rings. The molecular weight excluding hydrogens is 267 g/mol. The van der Waals surface area contributed by atoms with E-state index in [9.17, 15) is 18.3 Å². The summed E-state index contributed by atoms with van der Waals surface area (Å²) in [4.78, 5) is 2.00. The van der Waals surface area contributed by atoms with E-state index in [0.717, 1.165) is 6.07 Å². The first-order chi connectivity index (χ1) is 9.21. The third-order valence-corrected chi connectivity index (χ3v) is 3.74. The summed E-state index contributed by atoms with van der Waals surface area (Å²) >= 11 is 0. The highest BCUT2D eigenvalue weighted by molar-refractivity contribution is 5.63. The van der Waals surface area contributed by atoms with Gasteiger partial charge in [-0.05, 0) is 51.3 Å². The molecule has 112 valence electrons. The fraction of sp³-hybridized carbons (Fsp3) is 0.600. The smallest absolute Gasteiger partial charge is 0.393 e. The van der Waals surface area contributed by atoms with Gasteiger partial charge in [-0.15, -0.1) is 0 Å². The molecule has 0 spiro atoms. The highest BCUT2D eigenvalue weighted by Gasteiger charge is 2.40. The van der Waals surface area contributed by atoms with Crippen molar-refractivity contribution in [2.45, 2.75) is 58.0 Å². The van der Waals surface area contributed by atoms with Gasteiger partial charge in [0, 0.05) is 17.8 Å². The Bertz CT molecular complexity index is 482. The number of fused-ring (bicyclic) bond motifs is 1. The fourth-order valence-electron chi connectivity index (χ4n) is 3.12. The SMILES string of the molecule is CC(O)CC1Cc2c(cccc2C(F)(F)F)N1C(C)C. The molecule has 5 heteroatoms. The van der Waals surface area contributed by atoms with E-state index in [4.69, 9.17) is 0 Å². The van der Waals surface area contributed by atoms with Gasteiger partial charge in [-0.2, -0.15) is 13.2 Å². The van der Waals surface area contributed by atoms with Crippen LogP contribution in [0.4, 0.5) is 18.9 Å². The summed E-state index contributed by atoms with van der Waals surface area (Å²) in [7, 11) is 0. The lowest BCUT2D eigenvalue weighted by molar-refractivity contribution is -0.138. The minimum atomic E-state index is -4.33. The van der Waals surface area contributed by atoms with Crippen molar-refractivity contribution in [3.05, 3.63) is 29.3 Å². The number of aliphatic hydroxyl groups excluding tert-OH is 1. The molecule has 2 nitrogen and oxygen atoms in total. The molecule has 1 aliphatic heterocycles. The van der Waals surface area contributed by atoms with Gasteiger partial charge in [0.05, 0.1) is 11.7 Å². The zero-order chi connectivity index (χ0) is 15.1. The first-order valence-electron chi connectivity index (χ1n) is 6.87. The zero-order valence-corrected chi connectivity index (χ0v) is 11.9. The van der Waals surface area contributed by atoms with Crippen molar-refractivity contribution in [2.24, 2.45) is 0 Å². The number of nitrogens with zero attached hydrogens (tertiary/aromatic N) is 1. The summed E-state index contributed by atoms with van der Waals surface area (Å²) < 4.78 is 39.3. The molecule has 0 amide bonds. The van der Waals surface area contributed by atoms with Crippen molar-refractivity contribution in [3.63, 3.8) is 0 Å². The maximum atomic E-state index is 13.1. The van der Waals surface area contributed by atoms with Gasteiger partial charge in [-0.25, -0.2) is 0 Å². The Kier molecular flexibility index (Phi) is 4.00. The third-order valence-electron chi connectivity index (χ3n) is 3.74. The highest BCUT2D eigenvalue weighted by Crippen LogP contribution is 2.43. The molecule has 2 unspecified atom stereocenters. The Labute approximate surface area is 117 Å². The number of benzene rings is 1. The van der Waals surface area contributed by atoms with Crippen molar-refractivity contribution < 1.29 is 18.3 Å². The number of aliphatic hydroxyl groups is 1. The standard InChI is InChI=1S/C15H20F3NO/c1-9(2)19-11(7-10(3)20)8-12-13(15(16,17)18)5-4-6-14(12)19/h4-6,9-11,20H,7-8H2,1-3H3. The second kappa shape index (κ2) is 5.28. The van der Waals surface area contributed by atoms with Gasteiger partial charge in [-0.3, -0.25) is 0 Å². The molecular formula is C15H20F3NO. The average molecular weight is 287 g/mol. The van der Waals surface area contributed by atoms with E-state index in [2.05, 4.69) is 0 Å². The largest absolute Gasteiger partial charge is 0.416 e. The van der Waals surface area contributed by atoms with Crippen molar-refractivity contribution in [1.29, 1.82) is 0 Å².